The normalized spacial score (nSPS) is 18.0. The number of hydrogen-bond donors (Lipinski definition) is 0. The van der Waals surface area contributed by atoms with Crippen LogP contribution in [0.3, 0.4) is 0 Å². The molecule has 0 bridgehead atoms. The molecule has 0 unspecified atom stereocenters. The van der Waals surface area contributed by atoms with Gasteiger partial charge in [0.2, 0.25) is 0 Å². The van der Waals surface area contributed by atoms with Gasteiger partial charge in [-0.1, -0.05) is 17.8 Å². The highest BCUT2D eigenvalue weighted by Gasteiger charge is 2.37. The third-order valence-corrected chi connectivity index (χ3v) is 6.65. The molecule has 1 amide bonds. The molecule has 0 aliphatic carbocycles. The number of nitriles is 1. The van der Waals surface area contributed by atoms with Gasteiger partial charge in [-0.3, -0.25) is 9.79 Å². The van der Waals surface area contributed by atoms with Gasteiger partial charge in [-0.25, -0.2) is 5.01 Å². The molecule has 6 nitrogen and oxygen atoms in total. The highest BCUT2D eigenvalue weighted by molar-refractivity contribution is 8.15. The minimum atomic E-state index is -0.382. The van der Waals surface area contributed by atoms with Crippen molar-refractivity contribution < 1.29 is 4.79 Å². The number of aliphatic imine (C=N–C) groups is 1. The number of rotatable bonds is 3. The van der Waals surface area contributed by atoms with Crippen LogP contribution in [-0.4, -0.2) is 46.7 Å². The summed E-state index contributed by atoms with van der Waals surface area (Å²) in [5.74, 6) is 0.926. The molecule has 2 aromatic rings. The number of amides is 1. The minimum absolute atomic E-state index is 0.0380. The molecule has 158 valence electrons. The van der Waals surface area contributed by atoms with E-state index in [4.69, 9.17) is 10.3 Å². The molecule has 0 spiro atoms. The fourth-order valence-corrected chi connectivity index (χ4v) is 4.86. The first-order valence-electron chi connectivity index (χ1n) is 10.4. The molecule has 0 saturated heterocycles. The van der Waals surface area contributed by atoms with Crippen molar-refractivity contribution in [1.29, 1.82) is 5.26 Å². The fourth-order valence-electron chi connectivity index (χ4n) is 3.99. The summed E-state index contributed by atoms with van der Waals surface area (Å²) >= 11 is 1.30. The van der Waals surface area contributed by atoms with Crippen LogP contribution in [-0.2, 0) is 6.42 Å². The summed E-state index contributed by atoms with van der Waals surface area (Å²) in [6.45, 7) is 7.64. The van der Waals surface area contributed by atoms with Crippen LogP contribution < -0.4 is 4.90 Å². The number of fused-ring (bicyclic) bond motifs is 1. The second-order valence-electron chi connectivity index (χ2n) is 8.08. The lowest BCUT2D eigenvalue weighted by molar-refractivity contribution is 0.234. The standard InChI is InChI=1S/C24H25N5OS/c1-5-26-22(17-8-6-16(15-25)7-9-17)29-13-12-18-14-19(10-11-20(18)29)21-24(2,3)31-23(30)28(4)27-21/h6-11,14H,5,12-13H2,1-4H3/b26-22-. The van der Waals surface area contributed by atoms with Crippen molar-refractivity contribution >= 4 is 34.2 Å². The van der Waals surface area contributed by atoms with Crippen LogP contribution in [0.15, 0.2) is 52.6 Å². The third-order valence-electron chi connectivity index (χ3n) is 5.51. The molecular weight excluding hydrogens is 406 g/mol. The van der Waals surface area contributed by atoms with E-state index in [0.717, 1.165) is 41.3 Å². The molecular formula is C24H25N5OS. The van der Waals surface area contributed by atoms with Crippen LogP contribution in [0.25, 0.3) is 0 Å². The zero-order valence-electron chi connectivity index (χ0n) is 18.2. The molecule has 2 aliphatic rings. The summed E-state index contributed by atoms with van der Waals surface area (Å²) in [5.41, 5.74) is 6.00. The first-order chi connectivity index (χ1) is 14.8. The number of carbonyl (C=O) groups excluding carboxylic acids is 1. The molecule has 0 radical (unpaired) electrons. The average Bonchev–Trinajstić information content (AvgIpc) is 3.17. The largest absolute Gasteiger partial charge is 0.326 e. The van der Waals surface area contributed by atoms with E-state index < -0.39 is 0 Å². The predicted molar refractivity (Wildman–Crippen MR) is 127 cm³/mol. The molecule has 2 aliphatic heterocycles. The van der Waals surface area contributed by atoms with Crippen LogP contribution in [0.4, 0.5) is 10.5 Å². The second-order valence-corrected chi connectivity index (χ2v) is 9.66. The van der Waals surface area contributed by atoms with Crippen molar-refractivity contribution in [2.24, 2.45) is 10.1 Å². The number of hydrogen-bond acceptors (Lipinski definition) is 5. The Balaban J connectivity index is 1.69. The molecule has 0 atom stereocenters. The molecule has 2 aromatic carbocycles. The van der Waals surface area contributed by atoms with Gasteiger partial charge in [0.05, 0.1) is 22.1 Å². The number of thioether (sulfide) groups is 1. The van der Waals surface area contributed by atoms with Crippen LogP contribution in [0.2, 0.25) is 0 Å². The number of carbonyl (C=O) groups is 1. The van der Waals surface area contributed by atoms with E-state index in [1.165, 1.54) is 22.3 Å². The molecule has 0 saturated carbocycles. The highest BCUT2D eigenvalue weighted by atomic mass is 32.2. The lowest BCUT2D eigenvalue weighted by Crippen LogP contribution is -2.39. The van der Waals surface area contributed by atoms with Crippen molar-refractivity contribution in [2.45, 2.75) is 31.9 Å². The van der Waals surface area contributed by atoms with Gasteiger partial charge in [0.1, 0.15) is 5.84 Å². The van der Waals surface area contributed by atoms with Crippen molar-refractivity contribution in [3.05, 3.63) is 64.7 Å². The minimum Gasteiger partial charge on any atom is -0.326 e. The topological polar surface area (TPSA) is 72.1 Å². The number of hydrazone groups is 1. The Labute approximate surface area is 187 Å². The molecule has 2 heterocycles. The van der Waals surface area contributed by atoms with E-state index in [1.807, 2.05) is 45.0 Å². The number of nitrogens with zero attached hydrogens (tertiary/aromatic N) is 5. The molecule has 0 aromatic heterocycles. The van der Waals surface area contributed by atoms with Crippen LogP contribution >= 0.6 is 11.8 Å². The highest BCUT2D eigenvalue weighted by Crippen LogP contribution is 2.37. The first-order valence-corrected chi connectivity index (χ1v) is 11.2. The summed E-state index contributed by atoms with van der Waals surface area (Å²) in [6, 6.07) is 16.2. The lowest BCUT2D eigenvalue weighted by atomic mass is 9.96. The summed E-state index contributed by atoms with van der Waals surface area (Å²) in [7, 11) is 1.70. The monoisotopic (exact) mass is 431 g/mol. The summed E-state index contributed by atoms with van der Waals surface area (Å²) in [5, 5.41) is 15.0. The molecule has 0 N–H and O–H groups in total. The Bertz CT molecular complexity index is 1130. The maximum Gasteiger partial charge on any atom is 0.302 e. The van der Waals surface area contributed by atoms with Gasteiger partial charge < -0.3 is 4.90 Å². The molecule has 7 heteroatoms. The van der Waals surface area contributed by atoms with Crippen LogP contribution in [0.1, 0.15) is 43.0 Å². The van der Waals surface area contributed by atoms with Gasteiger partial charge in [0.15, 0.2) is 0 Å². The summed E-state index contributed by atoms with van der Waals surface area (Å²) < 4.78 is -0.382. The Morgan fingerprint density at radius 2 is 2.00 bits per heavy atom. The second kappa shape index (κ2) is 8.20. The van der Waals surface area contributed by atoms with E-state index in [9.17, 15) is 4.79 Å². The van der Waals surface area contributed by atoms with E-state index in [2.05, 4.69) is 34.3 Å². The van der Waals surface area contributed by atoms with Gasteiger partial charge in [0.25, 0.3) is 0 Å². The predicted octanol–water partition coefficient (Wildman–Crippen LogP) is 4.67. The Morgan fingerprint density at radius 3 is 2.68 bits per heavy atom. The molecule has 31 heavy (non-hydrogen) atoms. The van der Waals surface area contributed by atoms with Crippen molar-refractivity contribution in [2.75, 3.05) is 25.0 Å². The molecule has 0 fully saturated rings. The van der Waals surface area contributed by atoms with Gasteiger partial charge in [-0.15, -0.1) is 0 Å². The van der Waals surface area contributed by atoms with Gasteiger partial charge in [-0.2, -0.15) is 10.4 Å². The van der Waals surface area contributed by atoms with Crippen molar-refractivity contribution in [3.63, 3.8) is 0 Å². The first kappa shape index (κ1) is 21.1. The van der Waals surface area contributed by atoms with E-state index in [1.54, 1.807) is 7.05 Å². The number of amidine groups is 1. The van der Waals surface area contributed by atoms with Crippen molar-refractivity contribution in [1.82, 2.24) is 5.01 Å². The van der Waals surface area contributed by atoms with E-state index in [0.29, 0.717) is 12.1 Å². The van der Waals surface area contributed by atoms with E-state index in [-0.39, 0.29) is 9.99 Å². The quantitative estimate of drug-likeness (QED) is 0.523. The zero-order chi connectivity index (χ0) is 22.2. The van der Waals surface area contributed by atoms with E-state index >= 15 is 0 Å². The summed E-state index contributed by atoms with van der Waals surface area (Å²) in [4.78, 5) is 19.1. The van der Waals surface area contributed by atoms with Crippen LogP contribution in [0, 0.1) is 11.3 Å². The summed E-state index contributed by atoms with van der Waals surface area (Å²) in [6.07, 6.45) is 0.914. The third kappa shape index (κ3) is 3.96. The van der Waals surface area contributed by atoms with Gasteiger partial charge >= 0.3 is 5.24 Å². The Morgan fingerprint density at radius 1 is 1.26 bits per heavy atom. The number of anilines is 1. The number of benzene rings is 2. The average molecular weight is 432 g/mol. The molecule has 4 rings (SSSR count). The maximum atomic E-state index is 12.1. The maximum absolute atomic E-state index is 12.1. The Hall–Kier alpha value is -3.11. The lowest BCUT2D eigenvalue weighted by Gasteiger charge is -2.32. The SMILES string of the molecule is CC/N=C(/c1ccc(C#N)cc1)N1CCc2cc(C3=NN(C)C(=O)SC3(C)C)ccc21. The van der Waals surface area contributed by atoms with Crippen molar-refractivity contribution in [3.8, 4) is 6.07 Å². The fraction of sp³-hybridized carbons (Fsp3) is 0.333. The Kier molecular flexibility index (Phi) is 5.59. The van der Waals surface area contributed by atoms with Gasteiger partial charge in [0, 0.05) is 31.4 Å². The zero-order valence-corrected chi connectivity index (χ0v) is 19.0. The smallest absolute Gasteiger partial charge is 0.302 e. The van der Waals surface area contributed by atoms with Gasteiger partial charge in [-0.05, 0) is 74.7 Å². The van der Waals surface area contributed by atoms with Crippen LogP contribution in [0.5, 0.6) is 0 Å².